The molecule has 3 aromatic rings. The molecule has 0 aliphatic heterocycles. The van der Waals surface area contributed by atoms with Crippen molar-refractivity contribution >= 4 is 35.1 Å². The van der Waals surface area contributed by atoms with Gasteiger partial charge in [-0.15, -0.1) is 0 Å². The number of nitrogens with two attached hydrogens (primary N) is 2. The molecular weight excluding hydrogens is 537 g/mol. The summed E-state index contributed by atoms with van der Waals surface area (Å²) in [6, 6.07) is 10.5. The fourth-order valence-electron chi connectivity index (χ4n) is 3.79. The predicted octanol–water partition coefficient (Wildman–Crippen LogP) is 7.08. The number of aromatic nitrogens is 1. The molecule has 0 atom stereocenters. The van der Waals surface area contributed by atoms with Gasteiger partial charge in [-0.1, -0.05) is 41.7 Å². The van der Waals surface area contributed by atoms with Gasteiger partial charge in [-0.05, 0) is 75.4 Å². The van der Waals surface area contributed by atoms with E-state index in [1.165, 1.54) is 35.7 Å². The molecule has 0 saturated carbocycles. The number of primary amides is 1. The van der Waals surface area contributed by atoms with Gasteiger partial charge in [-0.3, -0.25) is 4.79 Å². The van der Waals surface area contributed by atoms with E-state index >= 15 is 0 Å². The molecule has 40 heavy (non-hydrogen) atoms. The Kier molecular flexibility index (Phi) is 13.1. The van der Waals surface area contributed by atoms with Crippen LogP contribution in [0.5, 0.6) is 5.75 Å². The minimum atomic E-state index is -4.43. The monoisotopic (exact) mass is 572 g/mol. The Bertz CT molecular complexity index is 1390. The predicted molar refractivity (Wildman–Crippen MR) is 158 cm³/mol. The number of pyridine rings is 1. The highest BCUT2D eigenvalue weighted by Crippen LogP contribution is 2.40. The number of fused-ring (bicyclic) bond motifs is 1. The fourth-order valence-corrected chi connectivity index (χ4v) is 4.49. The molecule has 1 aliphatic carbocycles. The van der Waals surface area contributed by atoms with E-state index in [1.807, 2.05) is 25.1 Å². The Labute approximate surface area is 237 Å². The van der Waals surface area contributed by atoms with Crippen LogP contribution in [0.2, 0.25) is 0 Å². The summed E-state index contributed by atoms with van der Waals surface area (Å²) in [7, 11) is 1.57. The molecule has 0 bridgehead atoms. The number of halogens is 3. The van der Waals surface area contributed by atoms with Crippen LogP contribution in [0.25, 0.3) is 5.52 Å². The molecule has 0 fully saturated rings. The summed E-state index contributed by atoms with van der Waals surface area (Å²) in [6.07, 6.45) is 13.7. The number of nitrogens with one attached hydrogen (secondary N) is 1. The van der Waals surface area contributed by atoms with E-state index in [0.29, 0.717) is 17.0 Å². The fraction of sp³-hybridized carbons (Fsp3) is 0.300. The quantitative estimate of drug-likeness (QED) is 0.134. The smallest absolute Gasteiger partial charge is 0.447 e. The SMILES string of the molecule is CC1=CCCCC=CC1.COc1ccc(C)cc1NCC#Cc1cc2c(N)cccn2c1SC(F)(F)F.NC=O. The third kappa shape index (κ3) is 10.7. The van der Waals surface area contributed by atoms with Crippen molar-refractivity contribution in [3.63, 3.8) is 0 Å². The zero-order valence-corrected chi connectivity index (χ0v) is 23.7. The molecule has 0 radical (unpaired) electrons. The van der Waals surface area contributed by atoms with Crippen LogP contribution in [0.4, 0.5) is 24.5 Å². The van der Waals surface area contributed by atoms with Gasteiger partial charge in [0.05, 0.1) is 36.1 Å². The first-order valence-electron chi connectivity index (χ1n) is 12.6. The first-order chi connectivity index (χ1) is 19.1. The second-order valence-electron chi connectivity index (χ2n) is 8.78. The number of nitrogen functional groups attached to an aromatic ring is 1. The lowest BCUT2D eigenvalue weighted by Crippen LogP contribution is -2.03. The number of rotatable bonds is 4. The largest absolute Gasteiger partial charge is 0.495 e. The number of allylic oxidation sites excluding steroid dienone is 4. The van der Waals surface area contributed by atoms with Crippen molar-refractivity contribution < 1.29 is 22.7 Å². The van der Waals surface area contributed by atoms with Crippen LogP contribution < -0.4 is 21.5 Å². The van der Waals surface area contributed by atoms with Crippen LogP contribution in [0.15, 0.2) is 71.4 Å². The van der Waals surface area contributed by atoms with Crippen LogP contribution in [-0.2, 0) is 4.79 Å². The molecule has 4 rings (SSSR count). The second-order valence-corrected chi connectivity index (χ2v) is 9.84. The van der Waals surface area contributed by atoms with E-state index in [2.05, 4.69) is 48.0 Å². The van der Waals surface area contributed by atoms with Crippen molar-refractivity contribution in [1.29, 1.82) is 0 Å². The van der Waals surface area contributed by atoms with Crippen LogP contribution in [0.3, 0.4) is 0 Å². The van der Waals surface area contributed by atoms with Gasteiger partial charge in [0.2, 0.25) is 6.41 Å². The van der Waals surface area contributed by atoms with Crippen LogP contribution in [0, 0.1) is 18.8 Å². The first kappa shape index (κ1) is 32.2. The summed E-state index contributed by atoms with van der Waals surface area (Å²) in [4.78, 5) is 8.58. The molecule has 0 saturated heterocycles. The molecule has 0 unspecified atom stereocenters. The van der Waals surface area contributed by atoms with E-state index in [0.717, 1.165) is 11.3 Å². The zero-order chi connectivity index (χ0) is 29.5. The van der Waals surface area contributed by atoms with Crippen molar-refractivity contribution in [3.05, 3.63) is 77.5 Å². The molecule has 2 aromatic heterocycles. The second kappa shape index (κ2) is 16.2. The van der Waals surface area contributed by atoms with Crippen LogP contribution >= 0.6 is 11.8 Å². The standard InChI is InChI=1S/C20H18F3N3OS.C9H14.CH3NO/c1-13-7-8-18(27-2)16(11-13)25-9-3-5-14-12-17-15(24)6-4-10-26(17)19(14)28-20(21,22)23;1-9-7-5-3-2-4-6-8-9;2-1-3/h4,6-8,10-12,25H,9,24H2,1-2H3;3,5,8H,2,4,6-7H2,1H3;1H,(H2,2,3). The van der Waals surface area contributed by atoms with Crippen LogP contribution in [-0.4, -0.2) is 30.0 Å². The Balaban J connectivity index is 0.000000389. The highest BCUT2D eigenvalue weighted by molar-refractivity contribution is 8.00. The minimum absolute atomic E-state index is 0.00423. The number of methoxy groups -OCH3 is 1. The average Bonchev–Trinajstić information content (AvgIpc) is 3.22. The summed E-state index contributed by atoms with van der Waals surface area (Å²) in [5.74, 6) is 6.37. The normalized spacial score (nSPS) is 12.7. The van der Waals surface area contributed by atoms with Gasteiger partial charge < -0.3 is 25.9 Å². The van der Waals surface area contributed by atoms with Crippen molar-refractivity contribution in [2.24, 2.45) is 5.73 Å². The number of carbonyl (C=O) groups is 1. The summed E-state index contributed by atoms with van der Waals surface area (Å²) < 4.78 is 45.7. The van der Waals surface area contributed by atoms with Gasteiger partial charge in [-0.25, -0.2) is 0 Å². The summed E-state index contributed by atoms with van der Waals surface area (Å²) in [5.41, 5.74) is 10.1. The van der Waals surface area contributed by atoms with E-state index in [4.69, 9.17) is 15.3 Å². The van der Waals surface area contributed by atoms with Crippen molar-refractivity contribution in [2.45, 2.75) is 50.1 Å². The molecular formula is C30H35F3N4O2S. The highest BCUT2D eigenvalue weighted by atomic mass is 32.2. The van der Waals surface area contributed by atoms with Crippen molar-refractivity contribution in [2.75, 3.05) is 24.7 Å². The van der Waals surface area contributed by atoms with Crippen molar-refractivity contribution in [1.82, 2.24) is 4.40 Å². The maximum atomic E-state index is 13.0. The first-order valence-corrected chi connectivity index (χ1v) is 13.4. The number of ether oxygens (including phenoxy) is 1. The number of nitrogens with zero attached hydrogens (tertiary/aromatic N) is 1. The third-order valence-electron chi connectivity index (χ3n) is 5.63. The van der Waals surface area contributed by atoms with E-state index in [9.17, 15) is 13.2 Å². The lowest BCUT2D eigenvalue weighted by molar-refractivity contribution is -0.106. The Morgan fingerprint density at radius 3 is 2.62 bits per heavy atom. The number of carbonyl (C=O) groups excluding carboxylic acids is 1. The number of alkyl halides is 3. The molecule has 10 heteroatoms. The van der Waals surface area contributed by atoms with Gasteiger partial charge in [-0.2, -0.15) is 13.2 Å². The summed E-state index contributed by atoms with van der Waals surface area (Å²) in [6.45, 7) is 4.40. The lowest BCUT2D eigenvalue weighted by atomic mass is 10.1. The van der Waals surface area contributed by atoms with Gasteiger partial charge in [0, 0.05) is 18.0 Å². The van der Waals surface area contributed by atoms with Gasteiger partial charge in [0.15, 0.2) is 0 Å². The molecule has 1 aromatic carbocycles. The average molecular weight is 573 g/mol. The topological polar surface area (TPSA) is 94.8 Å². The number of anilines is 2. The highest BCUT2D eigenvalue weighted by Gasteiger charge is 2.32. The lowest BCUT2D eigenvalue weighted by Gasteiger charge is -2.09. The number of thioether (sulfide) groups is 1. The van der Waals surface area contributed by atoms with Gasteiger partial charge >= 0.3 is 5.51 Å². The number of hydrogen-bond acceptors (Lipinski definition) is 5. The number of amides is 1. The maximum Gasteiger partial charge on any atom is 0.447 e. The molecule has 2 heterocycles. The minimum Gasteiger partial charge on any atom is -0.495 e. The number of benzene rings is 1. The zero-order valence-electron chi connectivity index (χ0n) is 22.8. The molecule has 1 aliphatic rings. The van der Waals surface area contributed by atoms with Crippen molar-refractivity contribution in [3.8, 4) is 17.6 Å². The Hall–Kier alpha value is -3.97. The number of aryl methyl sites for hydroxylation is 1. The van der Waals surface area contributed by atoms with Crippen LogP contribution in [0.1, 0.15) is 43.7 Å². The van der Waals surface area contributed by atoms with E-state index in [1.54, 1.807) is 31.5 Å². The molecule has 1 amide bonds. The van der Waals surface area contributed by atoms with Gasteiger partial charge in [0.25, 0.3) is 0 Å². The summed E-state index contributed by atoms with van der Waals surface area (Å²) in [5, 5.41) is 3.12. The third-order valence-corrected chi connectivity index (χ3v) is 6.47. The number of hydrogen-bond donors (Lipinski definition) is 3. The van der Waals surface area contributed by atoms with E-state index < -0.39 is 5.51 Å². The Morgan fingerprint density at radius 1 is 1.18 bits per heavy atom. The Morgan fingerprint density at radius 2 is 1.93 bits per heavy atom. The summed E-state index contributed by atoms with van der Waals surface area (Å²) >= 11 is -0.201. The molecule has 6 nitrogen and oxygen atoms in total. The molecule has 214 valence electrons. The maximum absolute atomic E-state index is 13.0. The molecule has 0 spiro atoms. The molecule has 5 N–H and O–H groups in total. The van der Waals surface area contributed by atoms with E-state index in [-0.39, 0.29) is 35.3 Å². The van der Waals surface area contributed by atoms with Gasteiger partial charge in [0.1, 0.15) is 10.8 Å².